The predicted octanol–water partition coefficient (Wildman–Crippen LogP) is 3.58. The van der Waals surface area contributed by atoms with Crippen LogP contribution in [0.1, 0.15) is 21.5 Å². The minimum absolute atomic E-state index is 0.347. The van der Waals surface area contributed by atoms with Crippen LogP contribution in [0.4, 0.5) is 5.69 Å². The number of aromatic nitrogens is 3. The number of ether oxygens (including phenoxy) is 1. The van der Waals surface area contributed by atoms with Crippen molar-refractivity contribution in [3.8, 4) is 0 Å². The van der Waals surface area contributed by atoms with Gasteiger partial charge >= 0.3 is 5.97 Å². The Morgan fingerprint density at radius 3 is 2.50 bits per heavy atom. The number of amides is 1. The number of nitrogens with zero attached hydrogens (tertiary/aromatic N) is 3. The number of benzene rings is 3. The molecule has 150 valence electrons. The van der Waals surface area contributed by atoms with Gasteiger partial charge < -0.3 is 10.1 Å². The van der Waals surface area contributed by atoms with Crippen LogP contribution in [0.15, 0.2) is 72.8 Å². The van der Waals surface area contributed by atoms with Crippen LogP contribution in [0.5, 0.6) is 0 Å². The van der Waals surface area contributed by atoms with E-state index in [1.165, 1.54) is 0 Å². The van der Waals surface area contributed by atoms with Crippen molar-refractivity contribution in [3.63, 3.8) is 0 Å². The molecule has 1 aromatic heterocycles. The van der Waals surface area contributed by atoms with Crippen molar-refractivity contribution in [2.24, 2.45) is 0 Å². The second-order valence-electron chi connectivity index (χ2n) is 6.87. The van der Waals surface area contributed by atoms with Gasteiger partial charge in [0.05, 0.1) is 17.6 Å². The molecule has 0 atom stereocenters. The highest BCUT2D eigenvalue weighted by Crippen LogP contribution is 2.14. The summed E-state index contributed by atoms with van der Waals surface area (Å²) in [7, 11) is 0. The lowest BCUT2D eigenvalue weighted by Crippen LogP contribution is -2.21. The van der Waals surface area contributed by atoms with E-state index in [1.54, 1.807) is 22.9 Å². The van der Waals surface area contributed by atoms with Gasteiger partial charge in [0.15, 0.2) is 6.61 Å². The predicted molar refractivity (Wildman–Crippen MR) is 113 cm³/mol. The smallest absolute Gasteiger partial charge is 0.338 e. The van der Waals surface area contributed by atoms with Crippen LogP contribution in [0, 0.1) is 6.92 Å². The number of nitrogens with one attached hydrogen (secondary N) is 1. The zero-order valence-electron chi connectivity index (χ0n) is 16.4. The molecule has 0 spiro atoms. The molecule has 1 heterocycles. The summed E-state index contributed by atoms with van der Waals surface area (Å²) in [5.74, 6) is -0.931. The van der Waals surface area contributed by atoms with E-state index in [1.807, 2.05) is 61.5 Å². The van der Waals surface area contributed by atoms with Crippen LogP contribution in [-0.2, 0) is 16.1 Å². The summed E-state index contributed by atoms with van der Waals surface area (Å²) in [6, 6.07) is 22.2. The van der Waals surface area contributed by atoms with Crippen molar-refractivity contribution >= 4 is 28.6 Å². The zero-order valence-corrected chi connectivity index (χ0v) is 16.4. The maximum Gasteiger partial charge on any atom is 0.338 e. The third-order valence-corrected chi connectivity index (χ3v) is 4.70. The number of fused-ring (bicyclic) bond motifs is 1. The average molecular weight is 400 g/mol. The molecule has 0 saturated carbocycles. The molecule has 30 heavy (non-hydrogen) atoms. The van der Waals surface area contributed by atoms with E-state index in [2.05, 4.69) is 15.6 Å². The van der Waals surface area contributed by atoms with Gasteiger partial charge in [0.25, 0.3) is 5.91 Å². The number of rotatable bonds is 6. The standard InChI is InChI=1S/C23H20N4O3/c1-16-6-2-3-7-19(16)24-22(28)15-30-23(29)18-12-10-17(11-13-18)14-27-21-9-5-4-8-20(21)25-26-27/h2-13H,14-15H2,1H3,(H,24,28). The molecule has 0 unspecified atom stereocenters. The lowest BCUT2D eigenvalue weighted by Gasteiger charge is -2.09. The molecule has 1 N–H and O–H groups in total. The fourth-order valence-corrected chi connectivity index (χ4v) is 3.07. The van der Waals surface area contributed by atoms with Gasteiger partial charge in [-0.3, -0.25) is 4.79 Å². The van der Waals surface area contributed by atoms with E-state index in [9.17, 15) is 9.59 Å². The van der Waals surface area contributed by atoms with E-state index in [0.717, 1.165) is 22.2 Å². The monoisotopic (exact) mass is 400 g/mol. The molecule has 7 nitrogen and oxygen atoms in total. The maximum absolute atomic E-state index is 12.2. The number of hydrogen-bond acceptors (Lipinski definition) is 5. The van der Waals surface area contributed by atoms with Crippen LogP contribution < -0.4 is 5.32 Å². The van der Waals surface area contributed by atoms with Gasteiger partial charge in [0.1, 0.15) is 5.52 Å². The summed E-state index contributed by atoms with van der Waals surface area (Å²) < 4.78 is 6.93. The van der Waals surface area contributed by atoms with E-state index < -0.39 is 5.97 Å². The number of para-hydroxylation sites is 2. The van der Waals surface area contributed by atoms with Gasteiger partial charge in [-0.2, -0.15) is 0 Å². The number of hydrogen-bond donors (Lipinski definition) is 1. The third kappa shape index (κ3) is 4.35. The van der Waals surface area contributed by atoms with Crippen LogP contribution >= 0.6 is 0 Å². The second-order valence-corrected chi connectivity index (χ2v) is 6.87. The highest BCUT2D eigenvalue weighted by Gasteiger charge is 2.12. The SMILES string of the molecule is Cc1ccccc1NC(=O)COC(=O)c1ccc(Cn2nnc3ccccc32)cc1. The Morgan fingerprint density at radius 1 is 0.967 bits per heavy atom. The minimum Gasteiger partial charge on any atom is -0.452 e. The molecule has 0 radical (unpaired) electrons. The van der Waals surface area contributed by atoms with Gasteiger partial charge in [-0.15, -0.1) is 5.10 Å². The first kappa shape index (κ1) is 19.3. The summed E-state index contributed by atoms with van der Waals surface area (Å²) in [6.45, 7) is 2.08. The van der Waals surface area contributed by atoms with Crippen molar-refractivity contribution in [2.75, 3.05) is 11.9 Å². The number of carbonyl (C=O) groups is 2. The lowest BCUT2D eigenvalue weighted by molar-refractivity contribution is -0.119. The first-order valence-electron chi connectivity index (χ1n) is 9.50. The first-order valence-corrected chi connectivity index (χ1v) is 9.50. The molecule has 0 aliphatic rings. The molecular formula is C23H20N4O3. The Kier molecular flexibility index (Phi) is 5.52. The molecule has 0 aliphatic heterocycles. The average Bonchev–Trinajstić information content (AvgIpc) is 3.17. The number of esters is 1. The molecule has 7 heteroatoms. The fraction of sp³-hybridized carbons (Fsp3) is 0.130. The third-order valence-electron chi connectivity index (χ3n) is 4.70. The van der Waals surface area contributed by atoms with Crippen molar-refractivity contribution in [1.29, 1.82) is 0 Å². The minimum atomic E-state index is -0.548. The van der Waals surface area contributed by atoms with Crippen LogP contribution in [0.25, 0.3) is 11.0 Å². The zero-order chi connectivity index (χ0) is 20.9. The highest BCUT2D eigenvalue weighted by atomic mass is 16.5. The molecule has 3 aromatic carbocycles. The van der Waals surface area contributed by atoms with Crippen LogP contribution in [-0.4, -0.2) is 33.5 Å². The van der Waals surface area contributed by atoms with E-state index in [-0.39, 0.29) is 12.5 Å². The maximum atomic E-state index is 12.2. The normalized spacial score (nSPS) is 10.7. The summed E-state index contributed by atoms with van der Waals surface area (Å²) in [5, 5.41) is 11.0. The Hall–Kier alpha value is -4.00. The molecule has 1 amide bonds. The van der Waals surface area contributed by atoms with E-state index in [0.29, 0.717) is 17.8 Å². The van der Waals surface area contributed by atoms with Gasteiger partial charge in [-0.1, -0.05) is 47.7 Å². The molecular weight excluding hydrogens is 380 g/mol. The quantitative estimate of drug-likeness (QED) is 0.500. The Labute approximate surface area is 173 Å². The Balaban J connectivity index is 1.34. The largest absolute Gasteiger partial charge is 0.452 e. The summed E-state index contributed by atoms with van der Waals surface area (Å²) in [6.07, 6.45) is 0. The Morgan fingerprint density at radius 2 is 1.70 bits per heavy atom. The summed E-state index contributed by atoms with van der Waals surface area (Å²) >= 11 is 0. The van der Waals surface area contributed by atoms with Crippen molar-refractivity contribution in [1.82, 2.24) is 15.0 Å². The van der Waals surface area contributed by atoms with E-state index in [4.69, 9.17) is 4.74 Å². The molecule has 4 rings (SSSR count). The molecule has 0 fully saturated rings. The summed E-state index contributed by atoms with van der Waals surface area (Å²) in [5.41, 5.74) is 4.77. The van der Waals surface area contributed by atoms with E-state index >= 15 is 0 Å². The van der Waals surface area contributed by atoms with Gasteiger partial charge in [0.2, 0.25) is 0 Å². The first-order chi connectivity index (χ1) is 14.6. The molecule has 0 bridgehead atoms. The Bertz CT molecular complexity index is 1200. The summed E-state index contributed by atoms with van der Waals surface area (Å²) in [4.78, 5) is 24.3. The highest BCUT2D eigenvalue weighted by molar-refractivity contribution is 5.95. The van der Waals surface area contributed by atoms with Crippen molar-refractivity contribution in [3.05, 3.63) is 89.5 Å². The number of carbonyl (C=O) groups excluding carboxylic acids is 2. The van der Waals surface area contributed by atoms with Gasteiger partial charge in [-0.25, -0.2) is 9.48 Å². The topological polar surface area (TPSA) is 86.1 Å². The molecule has 0 saturated heterocycles. The molecule has 0 aliphatic carbocycles. The molecule has 4 aromatic rings. The van der Waals surface area contributed by atoms with Crippen LogP contribution in [0.2, 0.25) is 0 Å². The lowest BCUT2D eigenvalue weighted by atomic mass is 10.1. The van der Waals surface area contributed by atoms with Crippen molar-refractivity contribution < 1.29 is 14.3 Å². The van der Waals surface area contributed by atoms with Crippen molar-refractivity contribution in [2.45, 2.75) is 13.5 Å². The second kappa shape index (κ2) is 8.57. The van der Waals surface area contributed by atoms with Gasteiger partial charge in [0, 0.05) is 5.69 Å². The van der Waals surface area contributed by atoms with Crippen LogP contribution in [0.3, 0.4) is 0 Å². The fourth-order valence-electron chi connectivity index (χ4n) is 3.07. The number of aryl methyl sites for hydroxylation is 1. The number of anilines is 1. The van der Waals surface area contributed by atoms with Gasteiger partial charge in [-0.05, 0) is 48.4 Å².